The van der Waals surface area contributed by atoms with Crippen LogP contribution >= 0.6 is 0 Å². The summed E-state index contributed by atoms with van der Waals surface area (Å²) < 4.78 is 0. The lowest BCUT2D eigenvalue weighted by molar-refractivity contribution is -0.384. The zero-order valence-electron chi connectivity index (χ0n) is 12.0. The Bertz CT molecular complexity index is 507. The van der Waals surface area contributed by atoms with Gasteiger partial charge in [-0.1, -0.05) is 13.8 Å². The van der Waals surface area contributed by atoms with Gasteiger partial charge in [-0.05, 0) is 13.0 Å². The first-order valence-corrected chi connectivity index (χ1v) is 6.62. The topological polar surface area (TPSA) is 101 Å². The summed E-state index contributed by atoms with van der Waals surface area (Å²) in [5, 5.41) is 10.8. The molecule has 0 bridgehead atoms. The quantitative estimate of drug-likeness (QED) is 0.643. The third-order valence-corrected chi connectivity index (χ3v) is 3.63. The smallest absolute Gasteiger partial charge is 0.329 e. The van der Waals surface area contributed by atoms with Gasteiger partial charge in [-0.3, -0.25) is 10.1 Å². The average molecular weight is 280 g/mol. The van der Waals surface area contributed by atoms with Crippen LogP contribution in [0, 0.1) is 16.0 Å². The summed E-state index contributed by atoms with van der Waals surface area (Å²) in [6.07, 6.45) is 1.19. The van der Waals surface area contributed by atoms with Gasteiger partial charge in [0.25, 0.3) is 0 Å². The van der Waals surface area contributed by atoms with Crippen LogP contribution in [0.1, 0.15) is 13.8 Å². The number of nitrogens with zero attached hydrogens (tertiary/aromatic N) is 5. The molecule has 8 nitrogen and oxygen atoms in total. The number of likely N-dealkylation sites (N-methyl/N-ethyl adjacent to an activating group) is 1. The molecule has 0 radical (unpaired) electrons. The monoisotopic (exact) mass is 280 g/mol. The second kappa shape index (κ2) is 5.58. The van der Waals surface area contributed by atoms with Crippen LogP contribution in [0.25, 0.3) is 0 Å². The minimum atomic E-state index is -0.566. The highest BCUT2D eigenvalue weighted by Crippen LogP contribution is 2.25. The second-order valence-electron chi connectivity index (χ2n) is 5.46. The number of aromatic nitrogens is 2. The van der Waals surface area contributed by atoms with Gasteiger partial charge in [-0.2, -0.15) is 4.98 Å². The van der Waals surface area contributed by atoms with Crippen molar-refractivity contribution in [3.05, 3.63) is 16.3 Å². The van der Waals surface area contributed by atoms with Gasteiger partial charge in [0, 0.05) is 25.7 Å². The first kappa shape index (κ1) is 14.4. The van der Waals surface area contributed by atoms with Crippen LogP contribution in [-0.2, 0) is 0 Å². The fourth-order valence-electron chi connectivity index (χ4n) is 2.43. The highest BCUT2D eigenvalue weighted by atomic mass is 16.6. The molecule has 1 aromatic rings. The third kappa shape index (κ3) is 2.79. The second-order valence-corrected chi connectivity index (χ2v) is 5.46. The fourth-order valence-corrected chi connectivity index (χ4v) is 2.43. The Balaban J connectivity index is 2.29. The molecule has 0 aliphatic carbocycles. The van der Waals surface area contributed by atoms with E-state index in [1.165, 1.54) is 6.20 Å². The van der Waals surface area contributed by atoms with Crippen molar-refractivity contribution in [2.24, 2.45) is 5.92 Å². The largest absolute Gasteiger partial charge is 0.378 e. The summed E-state index contributed by atoms with van der Waals surface area (Å²) in [5.41, 5.74) is 5.40. The number of anilines is 2. The van der Waals surface area contributed by atoms with E-state index in [2.05, 4.69) is 40.7 Å². The normalized spacial score (nSPS) is 20.4. The van der Waals surface area contributed by atoms with E-state index in [-0.39, 0.29) is 17.5 Å². The Hall–Kier alpha value is -1.96. The molecule has 0 amide bonds. The van der Waals surface area contributed by atoms with Gasteiger partial charge in [0.2, 0.25) is 11.8 Å². The molecular formula is C12H20N6O2. The lowest BCUT2D eigenvalue weighted by Gasteiger charge is -2.42. The van der Waals surface area contributed by atoms with Gasteiger partial charge in [0.15, 0.2) is 0 Å². The van der Waals surface area contributed by atoms with Crippen LogP contribution in [0.3, 0.4) is 0 Å². The van der Waals surface area contributed by atoms with Crippen LogP contribution in [0.2, 0.25) is 0 Å². The van der Waals surface area contributed by atoms with Crippen LogP contribution in [0.15, 0.2) is 6.20 Å². The summed E-state index contributed by atoms with van der Waals surface area (Å²) in [4.78, 5) is 22.8. The van der Waals surface area contributed by atoms with Crippen LogP contribution in [0.4, 0.5) is 17.5 Å². The number of hydrogen-bond donors (Lipinski definition) is 1. The van der Waals surface area contributed by atoms with Gasteiger partial charge in [0.1, 0.15) is 6.20 Å². The number of hydrogen-bond acceptors (Lipinski definition) is 7. The molecule has 1 aliphatic rings. The van der Waals surface area contributed by atoms with Crippen molar-refractivity contribution >= 4 is 17.5 Å². The predicted octanol–water partition coefficient (Wildman–Crippen LogP) is 0.743. The molecule has 1 aromatic heterocycles. The molecule has 20 heavy (non-hydrogen) atoms. The molecule has 1 unspecified atom stereocenters. The van der Waals surface area contributed by atoms with Crippen LogP contribution in [0.5, 0.6) is 0 Å². The highest BCUT2D eigenvalue weighted by molar-refractivity contribution is 5.54. The number of nitrogens with two attached hydrogens (primary N) is 1. The van der Waals surface area contributed by atoms with Crippen molar-refractivity contribution in [3.63, 3.8) is 0 Å². The van der Waals surface area contributed by atoms with Crippen molar-refractivity contribution in [1.82, 2.24) is 14.9 Å². The van der Waals surface area contributed by atoms with E-state index in [1.54, 1.807) is 0 Å². The van der Waals surface area contributed by atoms with Gasteiger partial charge < -0.3 is 15.5 Å². The van der Waals surface area contributed by atoms with E-state index in [0.29, 0.717) is 11.9 Å². The zero-order chi connectivity index (χ0) is 14.9. The SMILES string of the molecule is CC(C)C1CN(C)CCN1c1ncc([N+](=O)[O-])c(N)n1. The minimum absolute atomic E-state index is 0.0820. The van der Waals surface area contributed by atoms with Crippen molar-refractivity contribution in [2.45, 2.75) is 19.9 Å². The standard InChI is InChI=1S/C12H20N6O2/c1-8(2)10-7-16(3)4-5-17(10)12-14-6-9(18(19)20)11(13)15-12/h6,8,10H,4-5,7H2,1-3H3,(H2,13,14,15). The lowest BCUT2D eigenvalue weighted by atomic mass is 10.0. The molecule has 1 saturated heterocycles. The van der Waals surface area contributed by atoms with Gasteiger partial charge >= 0.3 is 5.69 Å². The first-order chi connectivity index (χ1) is 9.40. The maximum Gasteiger partial charge on any atom is 0.329 e. The Morgan fingerprint density at radius 3 is 2.75 bits per heavy atom. The van der Waals surface area contributed by atoms with Gasteiger partial charge in [-0.15, -0.1) is 0 Å². The summed E-state index contributed by atoms with van der Waals surface area (Å²) in [5.74, 6) is 0.819. The predicted molar refractivity (Wildman–Crippen MR) is 76.6 cm³/mol. The van der Waals surface area contributed by atoms with Crippen LogP contribution < -0.4 is 10.6 Å². The molecule has 2 N–H and O–H groups in total. The molecular weight excluding hydrogens is 260 g/mol. The van der Waals surface area contributed by atoms with E-state index in [1.807, 2.05) is 0 Å². The molecule has 0 spiro atoms. The Kier molecular flexibility index (Phi) is 4.03. The molecule has 2 rings (SSSR count). The lowest BCUT2D eigenvalue weighted by Crippen LogP contribution is -2.54. The van der Waals surface area contributed by atoms with E-state index >= 15 is 0 Å². The van der Waals surface area contributed by atoms with E-state index in [0.717, 1.165) is 19.6 Å². The maximum atomic E-state index is 10.8. The molecule has 8 heteroatoms. The average Bonchev–Trinajstić information content (AvgIpc) is 2.37. The number of rotatable bonds is 3. The molecule has 110 valence electrons. The number of piperazine rings is 1. The van der Waals surface area contributed by atoms with E-state index in [4.69, 9.17) is 5.73 Å². The van der Waals surface area contributed by atoms with Crippen molar-refractivity contribution in [2.75, 3.05) is 37.3 Å². The minimum Gasteiger partial charge on any atom is -0.378 e. The first-order valence-electron chi connectivity index (χ1n) is 6.62. The Labute approximate surface area is 117 Å². The molecule has 0 aromatic carbocycles. The number of nitrogen functional groups attached to an aromatic ring is 1. The molecule has 0 saturated carbocycles. The van der Waals surface area contributed by atoms with Crippen molar-refractivity contribution in [1.29, 1.82) is 0 Å². The molecule has 2 heterocycles. The Morgan fingerprint density at radius 2 is 2.20 bits per heavy atom. The molecule has 1 atom stereocenters. The molecule has 1 aliphatic heterocycles. The third-order valence-electron chi connectivity index (χ3n) is 3.63. The van der Waals surface area contributed by atoms with E-state index in [9.17, 15) is 10.1 Å². The van der Waals surface area contributed by atoms with E-state index < -0.39 is 4.92 Å². The van der Waals surface area contributed by atoms with Crippen LogP contribution in [-0.4, -0.2) is 52.5 Å². The van der Waals surface area contributed by atoms with Gasteiger partial charge in [-0.25, -0.2) is 4.98 Å². The molecule has 1 fully saturated rings. The summed E-state index contributed by atoms with van der Waals surface area (Å²) in [7, 11) is 2.08. The summed E-state index contributed by atoms with van der Waals surface area (Å²) in [6.45, 7) is 6.90. The fraction of sp³-hybridized carbons (Fsp3) is 0.667. The maximum absolute atomic E-state index is 10.8. The summed E-state index contributed by atoms with van der Waals surface area (Å²) >= 11 is 0. The summed E-state index contributed by atoms with van der Waals surface area (Å²) in [6, 6.07) is 0.273. The Morgan fingerprint density at radius 1 is 1.50 bits per heavy atom. The van der Waals surface area contributed by atoms with Gasteiger partial charge in [0.05, 0.1) is 4.92 Å². The number of nitro groups is 1. The van der Waals surface area contributed by atoms with Crippen molar-refractivity contribution in [3.8, 4) is 0 Å². The highest BCUT2D eigenvalue weighted by Gasteiger charge is 2.30. The van der Waals surface area contributed by atoms with Crippen molar-refractivity contribution < 1.29 is 4.92 Å². The zero-order valence-corrected chi connectivity index (χ0v) is 12.0.